The van der Waals surface area contributed by atoms with Gasteiger partial charge in [0.2, 0.25) is 0 Å². The van der Waals surface area contributed by atoms with Gasteiger partial charge in [-0.25, -0.2) is 4.79 Å². The fraction of sp³-hybridized carbons (Fsp3) is 0.250. The largest absolute Gasteiger partial charge is 0.466 e. The number of halogens is 2. The van der Waals surface area contributed by atoms with E-state index in [0.29, 0.717) is 11.3 Å². The number of hydrogen-bond donors (Lipinski definition) is 1. The van der Waals surface area contributed by atoms with E-state index in [2.05, 4.69) is 10.1 Å². The summed E-state index contributed by atoms with van der Waals surface area (Å²) >= 11 is 0. The number of benzene rings is 1. The molecule has 3 rings (SSSR count). The molecular formula is C16H14F2N2O4. The predicted octanol–water partition coefficient (Wildman–Crippen LogP) is 2.85. The molecule has 1 N–H and O–H groups in total. The summed E-state index contributed by atoms with van der Waals surface area (Å²) in [6.07, 6.45) is 1.41. The van der Waals surface area contributed by atoms with Crippen LogP contribution >= 0.6 is 0 Å². The zero-order chi connectivity index (χ0) is 17.3. The van der Waals surface area contributed by atoms with E-state index in [0.717, 1.165) is 4.90 Å². The number of nitrogens with one attached hydrogen (secondary N) is 1. The molecule has 2 heterocycles. The second-order valence-corrected chi connectivity index (χ2v) is 5.45. The van der Waals surface area contributed by atoms with Gasteiger partial charge in [0, 0.05) is 0 Å². The van der Waals surface area contributed by atoms with E-state index < -0.39 is 24.1 Å². The Kier molecular flexibility index (Phi) is 3.96. The van der Waals surface area contributed by atoms with Crippen LogP contribution in [0.5, 0.6) is 5.75 Å². The zero-order valence-electron chi connectivity index (χ0n) is 12.7. The molecule has 6 nitrogen and oxygen atoms in total. The van der Waals surface area contributed by atoms with Gasteiger partial charge in [0.25, 0.3) is 5.91 Å². The Balaban J connectivity index is 1.81. The van der Waals surface area contributed by atoms with Crippen LogP contribution < -0.4 is 10.1 Å². The minimum Gasteiger partial charge on any atom is -0.466 e. The summed E-state index contributed by atoms with van der Waals surface area (Å²) in [7, 11) is 0. The van der Waals surface area contributed by atoms with E-state index in [1.54, 1.807) is 25.1 Å². The average molecular weight is 336 g/mol. The topological polar surface area (TPSA) is 71.8 Å². The summed E-state index contributed by atoms with van der Waals surface area (Å²) in [5.41, 5.74) is -0.808. The number of carbonyl (C=O) groups excluding carboxylic acids is 2. The molecule has 0 spiro atoms. The molecule has 0 saturated carbocycles. The first-order chi connectivity index (χ1) is 11.4. The molecular weight excluding hydrogens is 322 g/mol. The van der Waals surface area contributed by atoms with Gasteiger partial charge in [-0.05, 0) is 36.8 Å². The molecule has 0 unspecified atom stereocenters. The summed E-state index contributed by atoms with van der Waals surface area (Å²) in [4.78, 5) is 25.8. The van der Waals surface area contributed by atoms with Crippen molar-refractivity contribution in [1.82, 2.24) is 10.2 Å². The fourth-order valence-electron chi connectivity index (χ4n) is 2.57. The van der Waals surface area contributed by atoms with Crippen molar-refractivity contribution in [2.75, 3.05) is 0 Å². The van der Waals surface area contributed by atoms with E-state index in [1.807, 2.05) is 0 Å². The molecule has 8 heteroatoms. The standard InChI is InChI=1S/C16H14F2N2O4/c1-16(12-6-3-7-23-12)13(21)20(15(22)19-16)9-10-4-2-5-11(8-10)24-14(17)18/h2-8,14H,9H2,1H3,(H,19,22)/t16-/m0/s1. The van der Waals surface area contributed by atoms with E-state index in [-0.39, 0.29) is 12.3 Å². The van der Waals surface area contributed by atoms with Gasteiger partial charge in [0.15, 0.2) is 5.54 Å². The average Bonchev–Trinajstić information content (AvgIpc) is 3.12. The highest BCUT2D eigenvalue weighted by Gasteiger charge is 2.50. The third-order valence-corrected chi connectivity index (χ3v) is 3.75. The number of carbonyl (C=O) groups is 2. The Morgan fingerprint density at radius 3 is 2.75 bits per heavy atom. The van der Waals surface area contributed by atoms with E-state index in [1.165, 1.54) is 24.5 Å². The summed E-state index contributed by atoms with van der Waals surface area (Å²) in [5, 5.41) is 2.59. The second kappa shape index (κ2) is 5.95. The molecule has 1 atom stereocenters. The lowest BCUT2D eigenvalue weighted by Crippen LogP contribution is -2.40. The maximum Gasteiger partial charge on any atom is 0.387 e. The summed E-state index contributed by atoms with van der Waals surface area (Å²) in [6, 6.07) is 8.48. The minimum atomic E-state index is -2.95. The molecule has 1 aromatic carbocycles. The first kappa shape index (κ1) is 16.0. The normalized spacial score (nSPS) is 20.6. The van der Waals surface area contributed by atoms with Gasteiger partial charge in [0.05, 0.1) is 12.8 Å². The molecule has 24 heavy (non-hydrogen) atoms. The van der Waals surface area contributed by atoms with Gasteiger partial charge >= 0.3 is 12.6 Å². The summed E-state index contributed by atoms with van der Waals surface area (Å²) in [5.74, 6) is -0.205. The van der Waals surface area contributed by atoms with Crippen molar-refractivity contribution in [3.8, 4) is 5.75 Å². The Bertz CT molecular complexity index is 763. The Labute approximate surface area is 136 Å². The number of ether oxygens (including phenoxy) is 1. The lowest BCUT2D eigenvalue weighted by atomic mass is 9.99. The van der Waals surface area contributed by atoms with Crippen molar-refractivity contribution in [3.05, 3.63) is 54.0 Å². The summed E-state index contributed by atoms with van der Waals surface area (Å²) in [6.45, 7) is -1.47. The minimum absolute atomic E-state index is 0.0386. The van der Waals surface area contributed by atoms with Gasteiger partial charge in [-0.2, -0.15) is 8.78 Å². The first-order valence-electron chi connectivity index (χ1n) is 7.12. The number of amides is 3. The molecule has 2 aromatic rings. The number of rotatable bonds is 5. The molecule has 0 bridgehead atoms. The van der Waals surface area contributed by atoms with Gasteiger partial charge in [-0.3, -0.25) is 9.69 Å². The molecule has 1 fully saturated rings. The van der Waals surface area contributed by atoms with Crippen LogP contribution in [0.2, 0.25) is 0 Å². The lowest BCUT2D eigenvalue weighted by Gasteiger charge is -2.19. The van der Waals surface area contributed by atoms with Crippen LogP contribution in [0, 0.1) is 0 Å². The van der Waals surface area contributed by atoms with Crippen LogP contribution in [0.1, 0.15) is 18.2 Å². The van der Waals surface area contributed by atoms with Crippen molar-refractivity contribution >= 4 is 11.9 Å². The molecule has 126 valence electrons. The lowest BCUT2D eigenvalue weighted by molar-refractivity contribution is -0.132. The molecule has 3 amide bonds. The maximum absolute atomic E-state index is 12.6. The third-order valence-electron chi connectivity index (χ3n) is 3.75. The molecule has 0 aliphatic carbocycles. The van der Waals surface area contributed by atoms with Gasteiger partial charge in [-0.15, -0.1) is 0 Å². The van der Waals surface area contributed by atoms with Crippen LogP contribution in [0.4, 0.5) is 13.6 Å². The van der Waals surface area contributed by atoms with Gasteiger partial charge in [0.1, 0.15) is 11.5 Å². The number of hydrogen-bond acceptors (Lipinski definition) is 4. The molecule has 1 aromatic heterocycles. The van der Waals surface area contributed by atoms with Crippen molar-refractivity contribution in [2.24, 2.45) is 0 Å². The smallest absolute Gasteiger partial charge is 0.387 e. The van der Waals surface area contributed by atoms with Gasteiger partial charge < -0.3 is 14.5 Å². The monoisotopic (exact) mass is 336 g/mol. The quantitative estimate of drug-likeness (QED) is 0.852. The SMILES string of the molecule is C[C@@]1(c2ccco2)NC(=O)N(Cc2cccc(OC(F)F)c2)C1=O. The van der Waals surface area contributed by atoms with E-state index in [4.69, 9.17) is 4.42 Å². The van der Waals surface area contributed by atoms with Crippen molar-refractivity contribution in [1.29, 1.82) is 0 Å². The van der Waals surface area contributed by atoms with E-state index in [9.17, 15) is 18.4 Å². The first-order valence-corrected chi connectivity index (χ1v) is 7.12. The van der Waals surface area contributed by atoms with Crippen molar-refractivity contribution in [3.63, 3.8) is 0 Å². The Morgan fingerprint density at radius 2 is 2.08 bits per heavy atom. The highest BCUT2D eigenvalue weighted by Crippen LogP contribution is 2.30. The Hall–Kier alpha value is -2.90. The van der Waals surface area contributed by atoms with Crippen molar-refractivity contribution < 1.29 is 27.5 Å². The number of alkyl halides is 2. The second-order valence-electron chi connectivity index (χ2n) is 5.45. The zero-order valence-corrected chi connectivity index (χ0v) is 12.7. The van der Waals surface area contributed by atoms with Crippen LogP contribution in [-0.2, 0) is 16.9 Å². The third kappa shape index (κ3) is 2.82. The van der Waals surface area contributed by atoms with Crippen molar-refractivity contribution in [2.45, 2.75) is 25.6 Å². The fourth-order valence-corrected chi connectivity index (χ4v) is 2.57. The molecule has 1 aliphatic rings. The highest BCUT2D eigenvalue weighted by molar-refractivity contribution is 6.06. The summed E-state index contributed by atoms with van der Waals surface area (Å²) < 4.78 is 34.1. The number of urea groups is 1. The number of furan rings is 1. The van der Waals surface area contributed by atoms with Crippen LogP contribution in [-0.4, -0.2) is 23.4 Å². The number of nitrogens with zero attached hydrogens (tertiary/aromatic N) is 1. The van der Waals surface area contributed by atoms with E-state index >= 15 is 0 Å². The maximum atomic E-state index is 12.6. The predicted molar refractivity (Wildman–Crippen MR) is 78.2 cm³/mol. The molecule has 0 radical (unpaired) electrons. The Morgan fingerprint density at radius 1 is 1.29 bits per heavy atom. The number of imide groups is 1. The van der Waals surface area contributed by atoms with Crippen LogP contribution in [0.25, 0.3) is 0 Å². The molecule has 1 saturated heterocycles. The van der Waals surface area contributed by atoms with Gasteiger partial charge in [-0.1, -0.05) is 12.1 Å². The molecule has 1 aliphatic heterocycles. The highest BCUT2D eigenvalue weighted by atomic mass is 19.3. The van der Waals surface area contributed by atoms with Crippen LogP contribution in [0.15, 0.2) is 47.1 Å². The van der Waals surface area contributed by atoms with Crippen LogP contribution in [0.3, 0.4) is 0 Å².